The Labute approximate surface area is 135 Å². The summed E-state index contributed by atoms with van der Waals surface area (Å²) in [6.45, 7) is 1.52. The molecule has 0 atom stereocenters. The lowest BCUT2D eigenvalue weighted by atomic mass is 9.99. The van der Waals surface area contributed by atoms with Gasteiger partial charge < -0.3 is 0 Å². The van der Waals surface area contributed by atoms with Gasteiger partial charge in [-0.05, 0) is 29.7 Å². The van der Waals surface area contributed by atoms with Gasteiger partial charge in [-0.25, -0.2) is 0 Å². The summed E-state index contributed by atoms with van der Waals surface area (Å²) in [6.07, 6.45) is 1.19. The summed E-state index contributed by atoms with van der Waals surface area (Å²) in [5, 5.41) is 2.41. The third-order valence-corrected chi connectivity index (χ3v) is 4.07. The van der Waals surface area contributed by atoms with Gasteiger partial charge in [-0.2, -0.15) is 0 Å². The first-order chi connectivity index (χ1) is 11.1. The number of hydrogen-bond acceptors (Lipinski definition) is 2. The SMILES string of the molecule is CC(=O)c1ccc(C(=O)CCc2ccc3ccccc3c2)cc1. The fourth-order valence-corrected chi connectivity index (χ4v) is 2.69. The van der Waals surface area contributed by atoms with E-state index in [0.29, 0.717) is 17.5 Å². The Morgan fingerprint density at radius 3 is 2.13 bits per heavy atom. The molecule has 0 saturated heterocycles. The molecule has 2 nitrogen and oxygen atoms in total. The molecule has 3 rings (SSSR count). The van der Waals surface area contributed by atoms with Crippen molar-refractivity contribution in [2.75, 3.05) is 0 Å². The number of fused-ring (bicyclic) bond motifs is 1. The topological polar surface area (TPSA) is 34.1 Å². The van der Waals surface area contributed by atoms with Crippen molar-refractivity contribution < 1.29 is 9.59 Å². The van der Waals surface area contributed by atoms with Gasteiger partial charge in [-0.1, -0.05) is 66.7 Å². The summed E-state index contributed by atoms with van der Waals surface area (Å²) in [5.41, 5.74) is 2.46. The van der Waals surface area contributed by atoms with Crippen molar-refractivity contribution in [3.05, 3.63) is 83.4 Å². The lowest BCUT2D eigenvalue weighted by Crippen LogP contribution is -2.02. The molecular weight excluding hydrogens is 284 g/mol. The quantitative estimate of drug-likeness (QED) is 0.631. The molecule has 114 valence electrons. The minimum absolute atomic E-state index is 0.0140. The standard InChI is InChI=1S/C21H18O2/c1-15(22)17-9-11-19(12-10-17)21(23)13-7-16-6-8-18-4-2-3-5-20(18)14-16/h2-6,8-12,14H,7,13H2,1H3. The fourth-order valence-electron chi connectivity index (χ4n) is 2.69. The van der Waals surface area contributed by atoms with Crippen LogP contribution in [0.4, 0.5) is 0 Å². The zero-order valence-electron chi connectivity index (χ0n) is 13.1. The first kappa shape index (κ1) is 15.2. The summed E-state index contributed by atoms with van der Waals surface area (Å²) < 4.78 is 0. The first-order valence-electron chi connectivity index (χ1n) is 7.75. The average Bonchev–Trinajstić information content (AvgIpc) is 2.59. The van der Waals surface area contributed by atoms with Crippen LogP contribution in [-0.2, 0) is 6.42 Å². The van der Waals surface area contributed by atoms with Crippen molar-refractivity contribution >= 4 is 22.3 Å². The third kappa shape index (κ3) is 3.54. The average molecular weight is 302 g/mol. The number of carbonyl (C=O) groups is 2. The molecule has 0 aromatic heterocycles. The van der Waals surface area contributed by atoms with Crippen molar-refractivity contribution in [2.24, 2.45) is 0 Å². The summed E-state index contributed by atoms with van der Waals surface area (Å²) in [4.78, 5) is 23.5. The lowest BCUT2D eigenvalue weighted by molar-refractivity contribution is 0.0979. The van der Waals surface area contributed by atoms with Gasteiger partial charge in [0.2, 0.25) is 0 Å². The molecule has 0 saturated carbocycles. The number of ketones is 2. The van der Waals surface area contributed by atoms with E-state index >= 15 is 0 Å². The molecule has 0 bridgehead atoms. The van der Waals surface area contributed by atoms with Gasteiger partial charge in [0.1, 0.15) is 0 Å². The van der Waals surface area contributed by atoms with Crippen LogP contribution in [0.3, 0.4) is 0 Å². The van der Waals surface area contributed by atoms with E-state index in [1.165, 1.54) is 17.7 Å². The highest BCUT2D eigenvalue weighted by atomic mass is 16.1. The van der Waals surface area contributed by atoms with Gasteiger partial charge in [-0.15, -0.1) is 0 Å². The molecule has 0 amide bonds. The van der Waals surface area contributed by atoms with Gasteiger partial charge in [0, 0.05) is 17.5 Å². The zero-order valence-corrected chi connectivity index (χ0v) is 13.1. The van der Waals surface area contributed by atoms with Crippen LogP contribution >= 0.6 is 0 Å². The molecule has 0 N–H and O–H groups in total. The third-order valence-electron chi connectivity index (χ3n) is 4.07. The van der Waals surface area contributed by atoms with Crippen molar-refractivity contribution in [1.29, 1.82) is 0 Å². The lowest BCUT2D eigenvalue weighted by Gasteiger charge is -2.05. The van der Waals surface area contributed by atoms with Gasteiger partial charge >= 0.3 is 0 Å². The van der Waals surface area contributed by atoms with Crippen LogP contribution in [0.5, 0.6) is 0 Å². The number of carbonyl (C=O) groups excluding carboxylic acids is 2. The van der Waals surface area contributed by atoms with E-state index in [2.05, 4.69) is 30.3 Å². The van der Waals surface area contributed by atoms with Crippen LogP contribution in [0.15, 0.2) is 66.7 Å². The Kier molecular flexibility index (Phi) is 4.33. The maximum absolute atomic E-state index is 12.3. The zero-order chi connectivity index (χ0) is 16.2. The molecular formula is C21H18O2. The van der Waals surface area contributed by atoms with Crippen molar-refractivity contribution in [1.82, 2.24) is 0 Å². The van der Waals surface area contributed by atoms with Crippen molar-refractivity contribution in [3.8, 4) is 0 Å². The molecule has 0 aliphatic rings. The monoisotopic (exact) mass is 302 g/mol. The molecule has 0 aliphatic heterocycles. The Hall–Kier alpha value is -2.74. The maximum Gasteiger partial charge on any atom is 0.163 e. The summed E-state index contributed by atoms with van der Waals surface area (Å²) in [5.74, 6) is 0.119. The molecule has 0 heterocycles. The number of Topliss-reactive ketones (excluding diaryl/α,β-unsaturated/α-hetero) is 2. The van der Waals surface area contributed by atoms with Crippen LogP contribution in [0.2, 0.25) is 0 Å². The van der Waals surface area contributed by atoms with Gasteiger partial charge in [0.15, 0.2) is 11.6 Å². The number of benzene rings is 3. The molecule has 2 heteroatoms. The highest BCUT2D eigenvalue weighted by molar-refractivity contribution is 5.98. The minimum atomic E-state index is 0.0140. The van der Waals surface area contributed by atoms with Crippen LogP contribution in [-0.4, -0.2) is 11.6 Å². The van der Waals surface area contributed by atoms with Crippen LogP contribution in [0.25, 0.3) is 10.8 Å². The maximum atomic E-state index is 12.3. The highest BCUT2D eigenvalue weighted by Gasteiger charge is 2.07. The van der Waals surface area contributed by atoms with E-state index in [9.17, 15) is 9.59 Å². The molecule has 0 spiro atoms. The van der Waals surface area contributed by atoms with Gasteiger partial charge in [-0.3, -0.25) is 9.59 Å². The summed E-state index contributed by atoms with van der Waals surface area (Å²) in [7, 11) is 0. The number of hydrogen-bond donors (Lipinski definition) is 0. The van der Waals surface area contributed by atoms with Crippen LogP contribution in [0.1, 0.15) is 39.6 Å². The molecule has 3 aromatic rings. The van der Waals surface area contributed by atoms with E-state index in [1.54, 1.807) is 24.3 Å². The summed E-state index contributed by atoms with van der Waals surface area (Å²) in [6, 6.07) is 21.4. The van der Waals surface area contributed by atoms with E-state index in [1.807, 2.05) is 12.1 Å². The van der Waals surface area contributed by atoms with E-state index in [-0.39, 0.29) is 11.6 Å². The van der Waals surface area contributed by atoms with Crippen LogP contribution < -0.4 is 0 Å². The molecule has 0 radical (unpaired) electrons. The minimum Gasteiger partial charge on any atom is -0.295 e. The first-order valence-corrected chi connectivity index (χ1v) is 7.75. The largest absolute Gasteiger partial charge is 0.295 e. The highest BCUT2D eigenvalue weighted by Crippen LogP contribution is 2.17. The van der Waals surface area contributed by atoms with Crippen molar-refractivity contribution in [2.45, 2.75) is 19.8 Å². The number of rotatable bonds is 5. The van der Waals surface area contributed by atoms with Crippen molar-refractivity contribution in [3.63, 3.8) is 0 Å². The molecule has 0 unspecified atom stereocenters. The van der Waals surface area contributed by atoms with Gasteiger partial charge in [0.25, 0.3) is 0 Å². The summed E-state index contributed by atoms with van der Waals surface area (Å²) >= 11 is 0. The second-order valence-corrected chi connectivity index (χ2v) is 5.74. The van der Waals surface area contributed by atoms with E-state index in [4.69, 9.17) is 0 Å². The van der Waals surface area contributed by atoms with Gasteiger partial charge in [0.05, 0.1) is 0 Å². The van der Waals surface area contributed by atoms with Crippen LogP contribution in [0, 0.1) is 0 Å². The number of aryl methyl sites for hydroxylation is 1. The predicted octanol–water partition coefficient (Wildman–Crippen LogP) is 4.86. The molecule has 0 aliphatic carbocycles. The second kappa shape index (κ2) is 6.57. The molecule has 3 aromatic carbocycles. The molecule has 0 fully saturated rings. The Balaban J connectivity index is 1.68. The predicted molar refractivity (Wildman–Crippen MR) is 93.0 cm³/mol. The Bertz CT molecular complexity index is 860. The molecule has 23 heavy (non-hydrogen) atoms. The normalized spacial score (nSPS) is 10.7. The fraction of sp³-hybridized carbons (Fsp3) is 0.143. The van der Waals surface area contributed by atoms with E-state index in [0.717, 1.165) is 12.0 Å². The van der Waals surface area contributed by atoms with E-state index < -0.39 is 0 Å². The Morgan fingerprint density at radius 2 is 1.43 bits per heavy atom. The smallest absolute Gasteiger partial charge is 0.163 e. The second-order valence-electron chi connectivity index (χ2n) is 5.74. The Morgan fingerprint density at radius 1 is 0.783 bits per heavy atom.